The molecule has 0 aliphatic rings. The first-order valence-corrected chi connectivity index (χ1v) is 4.69. The normalized spacial score (nSPS) is 11.8. The van der Waals surface area contributed by atoms with Crippen molar-refractivity contribution in [2.45, 2.75) is 40.0 Å². The predicted octanol–water partition coefficient (Wildman–Crippen LogP) is 2.39. The van der Waals surface area contributed by atoms with Gasteiger partial charge in [-0.1, -0.05) is 43.9 Å². The van der Waals surface area contributed by atoms with Gasteiger partial charge in [-0.25, -0.2) is 0 Å². The van der Waals surface area contributed by atoms with E-state index in [1.54, 1.807) is 0 Å². The molecule has 0 aliphatic heterocycles. The average Bonchev–Trinajstić information content (AvgIpc) is 1.97. The third-order valence-corrected chi connectivity index (χ3v) is 2.57. The van der Waals surface area contributed by atoms with Crippen molar-refractivity contribution < 1.29 is 0 Å². The highest BCUT2D eigenvalue weighted by atomic mass is 14.2. The lowest BCUT2D eigenvalue weighted by molar-refractivity contribution is 0.590. The SMILES string of the molecule is [B]c1cc(C(C)(C)C)cc(C)c1C. The van der Waals surface area contributed by atoms with E-state index in [-0.39, 0.29) is 5.41 Å². The van der Waals surface area contributed by atoms with Crippen molar-refractivity contribution in [3.05, 3.63) is 28.8 Å². The number of aryl methyl sites for hydroxylation is 1. The molecule has 1 heteroatoms. The molecule has 0 fully saturated rings. The standard InChI is InChI=1S/C12H17B/c1-8-6-10(12(3,4)5)7-11(13)9(8)2/h6-7H,1-5H3. The zero-order valence-corrected chi connectivity index (χ0v) is 9.23. The summed E-state index contributed by atoms with van der Waals surface area (Å²) in [5, 5.41) is 0. The van der Waals surface area contributed by atoms with Crippen molar-refractivity contribution in [1.29, 1.82) is 0 Å². The van der Waals surface area contributed by atoms with Crippen molar-refractivity contribution in [2.24, 2.45) is 0 Å². The van der Waals surface area contributed by atoms with Gasteiger partial charge in [-0.3, -0.25) is 0 Å². The summed E-state index contributed by atoms with van der Waals surface area (Å²) in [5.41, 5.74) is 4.89. The van der Waals surface area contributed by atoms with Gasteiger partial charge < -0.3 is 0 Å². The van der Waals surface area contributed by atoms with E-state index in [4.69, 9.17) is 7.85 Å². The second-order valence-corrected chi connectivity index (χ2v) is 4.76. The molecular formula is C12H17B. The molecule has 1 rings (SSSR count). The summed E-state index contributed by atoms with van der Waals surface area (Å²) in [6, 6.07) is 4.31. The van der Waals surface area contributed by atoms with E-state index < -0.39 is 0 Å². The highest BCUT2D eigenvalue weighted by molar-refractivity contribution is 6.33. The Labute approximate surface area is 82.8 Å². The van der Waals surface area contributed by atoms with E-state index in [1.807, 2.05) is 0 Å². The first-order chi connectivity index (χ1) is 5.82. The molecule has 0 aromatic heterocycles. The van der Waals surface area contributed by atoms with Crippen LogP contribution < -0.4 is 5.46 Å². The van der Waals surface area contributed by atoms with E-state index in [0.717, 1.165) is 5.46 Å². The molecule has 1 aromatic rings. The second-order valence-electron chi connectivity index (χ2n) is 4.76. The summed E-state index contributed by atoms with van der Waals surface area (Å²) < 4.78 is 0. The molecule has 0 bridgehead atoms. The summed E-state index contributed by atoms with van der Waals surface area (Å²) in [7, 11) is 5.92. The van der Waals surface area contributed by atoms with Gasteiger partial charge in [-0.2, -0.15) is 0 Å². The Morgan fingerprint density at radius 2 is 1.62 bits per heavy atom. The van der Waals surface area contributed by atoms with Gasteiger partial charge in [0.2, 0.25) is 0 Å². The predicted molar refractivity (Wildman–Crippen MR) is 60.0 cm³/mol. The van der Waals surface area contributed by atoms with Gasteiger partial charge >= 0.3 is 0 Å². The van der Waals surface area contributed by atoms with Crippen molar-refractivity contribution in [2.75, 3.05) is 0 Å². The molecule has 1 aromatic carbocycles. The van der Waals surface area contributed by atoms with Gasteiger partial charge in [0.15, 0.2) is 0 Å². The Bertz CT molecular complexity index is 295. The Balaban J connectivity index is 3.29. The third-order valence-electron chi connectivity index (χ3n) is 2.57. The van der Waals surface area contributed by atoms with Crippen LogP contribution in [0.3, 0.4) is 0 Å². The summed E-state index contributed by atoms with van der Waals surface area (Å²) in [5.74, 6) is 0. The number of benzene rings is 1. The zero-order valence-electron chi connectivity index (χ0n) is 9.23. The number of hydrogen-bond donors (Lipinski definition) is 0. The molecule has 0 N–H and O–H groups in total. The molecule has 0 spiro atoms. The van der Waals surface area contributed by atoms with Crippen LogP contribution in [-0.2, 0) is 5.41 Å². The fourth-order valence-corrected chi connectivity index (χ4v) is 1.32. The molecule has 0 saturated carbocycles. The number of rotatable bonds is 0. The molecule has 0 unspecified atom stereocenters. The van der Waals surface area contributed by atoms with Crippen molar-refractivity contribution in [3.63, 3.8) is 0 Å². The minimum atomic E-state index is 0.187. The van der Waals surface area contributed by atoms with Crippen LogP contribution in [0, 0.1) is 13.8 Å². The minimum Gasteiger partial charge on any atom is -0.0933 e. The highest BCUT2D eigenvalue weighted by Gasteiger charge is 2.14. The van der Waals surface area contributed by atoms with Gasteiger partial charge in [0, 0.05) is 0 Å². The van der Waals surface area contributed by atoms with E-state index in [2.05, 4.69) is 46.8 Å². The maximum atomic E-state index is 5.92. The van der Waals surface area contributed by atoms with Crippen LogP contribution in [-0.4, -0.2) is 7.85 Å². The fraction of sp³-hybridized carbons (Fsp3) is 0.500. The number of hydrogen-bond acceptors (Lipinski definition) is 0. The lowest BCUT2D eigenvalue weighted by Gasteiger charge is -2.21. The Kier molecular flexibility index (Phi) is 2.56. The van der Waals surface area contributed by atoms with Gasteiger partial charge in [0.1, 0.15) is 7.85 Å². The van der Waals surface area contributed by atoms with Crippen molar-refractivity contribution in [1.82, 2.24) is 0 Å². The maximum absolute atomic E-state index is 5.92. The monoisotopic (exact) mass is 172 g/mol. The minimum absolute atomic E-state index is 0.187. The van der Waals surface area contributed by atoms with Crippen LogP contribution in [0.15, 0.2) is 12.1 Å². The van der Waals surface area contributed by atoms with E-state index >= 15 is 0 Å². The zero-order chi connectivity index (χ0) is 10.2. The average molecular weight is 172 g/mol. The lowest BCUT2D eigenvalue weighted by atomic mass is 9.79. The molecule has 0 saturated heterocycles. The largest absolute Gasteiger partial charge is 0.114 e. The van der Waals surface area contributed by atoms with Crippen molar-refractivity contribution in [3.8, 4) is 0 Å². The molecule has 0 nitrogen and oxygen atoms in total. The van der Waals surface area contributed by atoms with Crippen molar-refractivity contribution >= 4 is 13.3 Å². The summed E-state index contributed by atoms with van der Waals surface area (Å²) in [6.07, 6.45) is 0. The van der Waals surface area contributed by atoms with Crippen LogP contribution in [0.5, 0.6) is 0 Å². The first-order valence-electron chi connectivity index (χ1n) is 4.69. The van der Waals surface area contributed by atoms with Crippen LogP contribution in [0.4, 0.5) is 0 Å². The highest BCUT2D eigenvalue weighted by Crippen LogP contribution is 2.22. The first kappa shape index (κ1) is 10.4. The molecule has 13 heavy (non-hydrogen) atoms. The Hall–Kier alpha value is -0.715. The van der Waals surface area contributed by atoms with Crippen LogP contribution >= 0.6 is 0 Å². The van der Waals surface area contributed by atoms with Gasteiger partial charge in [0.05, 0.1) is 0 Å². The Morgan fingerprint density at radius 1 is 1.08 bits per heavy atom. The molecule has 0 amide bonds. The molecule has 2 radical (unpaired) electrons. The van der Waals surface area contributed by atoms with Crippen LogP contribution in [0.2, 0.25) is 0 Å². The fourth-order valence-electron chi connectivity index (χ4n) is 1.32. The smallest absolute Gasteiger partial charge is 0.0933 e. The molecular weight excluding hydrogens is 155 g/mol. The van der Waals surface area contributed by atoms with Gasteiger partial charge in [0.25, 0.3) is 0 Å². The third kappa shape index (κ3) is 2.15. The molecule has 0 atom stereocenters. The lowest BCUT2D eigenvalue weighted by Crippen LogP contribution is -2.18. The van der Waals surface area contributed by atoms with Crippen LogP contribution in [0.1, 0.15) is 37.5 Å². The van der Waals surface area contributed by atoms with Crippen LogP contribution in [0.25, 0.3) is 0 Å². The van der Waals surface area contributed by atoms with Gasteiger partial charge in [-0.05, 0) is 30.4 Å². The topological polar surface area (TPSA) is 0 Å². The van der Waals surface area contributed by atoms with E-state index in [9.17, 15) is 0 Å². The van der Waals surface area contributed by atoms with Gasteiger partial charge in [-0.15, -0.1) is 0 Å². The molecule has 0 heterocycles. The summed E-state index contributed by atoms with van der Waals surface area (Å²) >= 11 is 0. The quantitative estimate of drug-likeness (QED) is 0.527. The second kappa shape index (κ2) is 3.21. The van der Waals surface area contributed by atoms with E-state index in [0.29, 0.717) is 0 Å². The van der Waals surface area contributed by atoms with E-state index in [1.165, 1.54) is 16.7 Å². The Morgan fingerprint density at radius 3 is 2.00 bits per heavy atom. The molecule has 68 valence electrons. The summed E-state index contributed by atoms with van der Waals surface area (Å²) in [4.78, 5) is 0. The summed E-state index contributed by atoms with van der Waals surface area (Å²) in [6.45, 7) is 10.8. The molecule has 0 aliphatic carbocycles. The maximum Gasteiger partial charge on any atom is 0.114 e.